The molecule has 2 heterocycles. The summed E-state index contributed by atoms with van der Waals surface area (Å²) in [6, 6.07) is 2.08. The second-order valence-corrected chi connectivity index (χ2v) is 5.78. The van der Waals surface area contributed by atoms with Gasteiger partial charge in [0.2, 0.25) is 5.95 Å². The maximum atomic E-state index is 5.68. The van der Waals surface area contributed by atoms with Crippen LogP contribution in [0, 0.1) is 0 Å². The molecule has 1 aliphatic carbocycles. The average molecular weight is 261 g/mol. The van der Waals surface area contributed by atoms with Gasteiger partial charge in [-0.25, -0.2) is 9.97 Å². The maximum absolute atomic E-state index is 5.68. The molecule has 1 atom stereocenters. The molecule has 1 aromatic rings. The van der Waals surface area contributed by atoms with Gasteiger partial charge in [0.1, 0.15) is 0 Å². The normalized spacial score (nSPS) is 23.9. The predicted octanol–water partition coefficient (Wildman–Crippen LogP) is 2.75. The van der Waals surface area contributed by atoms with Crippen LogP contribution < -0.4 is 4.90 Å². The molecular weight excluding hydrogens is 238 g/mol. The molecule has 3 rings (SSSR count). The van der Waals surface area contributed by atoms with Crippen molar-refractivity contribution in [3.63, 3.8) is 0 Å². The van der Waals surface area contributed by atoms with Gasteiger partial charge >= 0.3 is 0 Å². The molecule has 0 spiro atoms. The lowest BCUT2D eigenvalue weighted by Gasteiger charge is -2.21. The first kappa shape index (κ1) is 12.9. The minimum atomic E-state index is 0.351. The Morgan fingerprint density at radius 1 is 1.26 bits per heavy atom. The number of likely N-dealkylation sites (N-methyl/N-ethyl adjacent to an activating group) is 1. The van der Waals surface area contributed by atoms with E-state index in [1.54, 1.807) is 0 Å². The first-order valence-electron chi connectivity index (χ1n) is 7.48. The van der Waals surface area contributed by atoms with Crippen molar-refractivity contribution in [1.82, 2.24) is 9.97 Å². The van der Waals surface area contributed by atoms with E-state index in [2.05, 4.69) is 23.0 Å². The molecule has 2 fully saturated rings. The molecule has 2 aliphatic rings. The third-order valence-electron chi connectivity index (χ3n) is 4.28. The van der Waals surface area contributed by atoms with Gasteiger partial charge in [-0.1, -0.05) is 12.8 Å². The Morgan fingerprint density at radius 2 is 2.11 bits per heavy atom. The van der Waals surface area contributed by atoms with Gasteiger partial charge < -0.3 is 9.64 Å². The van der Waals surface area contributed by atoms with E-state index in [0.29, 0.717) is 12.0 Å². The smallest absolute Gasteiger partial charge is 0.225 e. The fourth-order valence-corrected chi connectivity index (χ4v) is 3.17. The second kappa shape index (κ2) is 5.87. The van der Waals surface area contributed by atoms with E-state index in [1.807, 2.05) is 6.20 Å². The maximum Gasteiger partial charge on any atom is 0.225 e. The molecular formula is C15H23N3O. The summed E-state index contributed by atoms with van der Waals surface area (Å²) in [4.78, 5) is 11.3. The van der Waals surface area contributed by atoms with E-state index in [9.17, 15) is 0 Å². The molecule has 0 bridgehead atoms. The predicted molar refractivity (Wildman–Crippen MR) is 75.5 cm³/mol. The van der Waals surface area contributed by atoms with Crippen LogP contribution in [0.2, 0.25) is 0 Å². The lowest BCUT2D eigenvalue weighted by Crippen LogP contribution is -2.30. The zero-order valence-electron chi connectivity index (χ0n) is 11.7. The zero-order valence-corrected chi connectivity index (χ0v) is 11.7. The standard InChI is InChI=1S/C15H23N3O/c1-18(11-13-7-4-10-19-13)15-16-9-8-14(17-15)12-5-2-3-6-12/h8-9,12-13H,2-7,10-11H2,1H3/t13-/m0/s1. The molecule has 104 valence electrons. The summed E-state index contributed by atoms with van der Waals surface area (Å²) in [5.41, 5.74) is 1.22. The average Bonchev–Trinajstić information content (AvgIpc) is 3.12. The van der Waals surface area contributed by atoms with Gasteiger partial charge in [-0.2, -0.15) is 0 Å². The van der Waals surface area contributed by atoms with Gasteiger partial charge in [0, 0.05) is 38.0 Å². The number of hydrogen-bond donors (Lipinski definition) is 0. The number of hydrogen-bond acceptors (Lipinski definition) is 4. The Hall–Kier alpha value is -1.16. The molecule has 19 heavy (non-hydrogen) atoms. The lowest BCUT2D eigenvalue weighted by molar-refractivity contribution is 0.116. The van der Waals surface area contributed by atoms with E-state index >= 15 is 0 Å². The van der Waals surface area contributed by atoms with Crippen molar-refractivity contribution in [1.29, 1.82) is 0 Å². The summed E-state index contributed by atoms with van der Waals surface area (Å²) in [5.74, 6) is 1.50. The first-order chi connectivity index (χ1) is 9.33. The number of ether oxygens (including phenoxy) is 1. The van der Waals surface area contributed by atoms with Crippen LogP contribution in [0.15, 0.2) is 12.3 Å². The molecule has 0 unspecified atom stereocenters. The summed E-state index contributed by atoms with van der Waals surface area (Å²) in [5, 5.41) is 0. The highest BCUT2D eigenvalue weighted by molar-refractivity contribution is 5.30. The number of anilines is 1. The largest absolute Gasteiger partial charge is 0.376 e. The van der Waals surface area contributed by atoms with Crippen molar-refractivity contribution in [2.75, 3.05) is 25.1 Å². The minimum Gasteiger partial charge on any atom is -0.376 e. The van der Waals surface area contributed by atoms with Crippen LogP contribution in [0.3, 0.4) is 0 Å². The quantitative estimate of drug-likeness (QED) is 0.835. The highest BCUT2D eigenvalue weighted by atomic mass is 16.5. The Morgan fingerprint density at radius 3 is 2.84 bits per heavy atom. The van der Waals surface area contributed by atoms with Gasteiger partial charge in [0.05, 0.1) is 6.10 Å². The van der Waals surface area contributed by atoms with Crippen molar-refractivity contribution in [3.05, 3.63) is 18.0 Å². The van der Waals surface area contributed by atoms with Crippen LogP contribution in [-0.4, -0.2) is 36.3 Å². The third kappa shape index (κ3) is 3.06. The Kier molecular flexibility index (Phi) is 3.97. The molecule has 0 aromatic carbocycles. The van der Waals surface area contributed by atoms with Crippen molar-refractivity contribution in [3.8, 4) is 0 Å². The number of nitrogens with zero attached hydrogens (tertiary/aromatic N) is 3. The molecule has 0 amide bonds. The minimum absolute atomic E-state index is 0.351. The summed E-state index contributed by atoms with van der Waals surface area (Å²) >= 11 is 0. The van der Waals surface area contributed by atoms with Gasteiger partial charge in [-0.3, -0.25) is 0 Å². The molecule has 1 aromatic heterocycles. The van der Waals surface area contributed by atoms with Crippen molar-refractivity contribution in [2.45, 2.75) is 50.5 Å². The van der Waals surface area contributed by atoms with Gasteiger partial charge in [-0.05, 0) is 31.7 Å². The van der Waals surface area contributed by atoms with Crippen molar-refractivity contribution >= 4 is 5.95 Å². The first-order valence-corrected chi connectivity index (χ1v) is 7.48. The van der Waals surface area contributed by atoms with Crippen LogP contribution in [0.25, 0.3) is 0 Å². The zero-order chi connectivity index (χ0) is 13.1. The van der Waals surface area contributed by atoms with Gasteiger partial charge in [0.25, 0.3) is 0 Å². The molecule has 0 radical (unpaired) electrons. The highest BCUT2D eigenvalue weighted by Gasteiger charge is 2.21. The fourth-order valence-electron chi connectivity index (χ4n) is 3.17. The SMILES string of the molecule is CN(C[C@@H]1CCCO1)c1nccc(C2CCCC2)n1. The van der Waals surface area contributed by atoms with E-state index < -0.39 is 0 Å². The highest BCUT2D eigenvalue weighted by Crippen LogP contribution is 2.33. The topological polar surface area (TPSA) is 38.2 Å². The lowest BCUT2D eigenvalue weighted by atomic mass is 10.0. The summed E-state index contributed by atoms with van der Waals surface area (Å²) in [7, 11) is 2.06. The van der Waals surface area contributed by atoms with Crippen LogP contribution in [0.4, 0.5) is 5.95 Å². The fraction of sp³-hybridized carbons (Fsp3) is 0.733. The van der Waals surface area contributed by atoms with Crippen LogP contribution in [0.1, 0.15) is 50.1 Å². The Labute approximate surface area is 115 Å². The third-order valence-corrected chi connectivity index (χ3v) is 4.28. The Bertz CT molecular complexity index is 412. The van der Waals surface area contributed by atoms with Crippen LogP contribution >= 0.6 is 0 Å². The summed E-state index contributed by atoms with van der Waals surface area (Å²) in [6.45, 7) is 1.80. The van der Waals surface area contributed by atoms with Crippen molar-refractivity contribution in [2.24, 2.45) is 0 Å². The van der Waals surface area contributed by atoms with Crippen LogP contribution in [0.5, 0.6) is 0 Å². The molecule has 4 nitrogen and oxygen atoms in total. The van der Waals surface area contributed by atoms with E-state index in [4.69, 9.17) is 9.72 Å². The summed E-state index contributed by atoms with van der Waals surface area (Å²) < 4.78 is 5.68. The molecule has 4 heteroatoms. The van der Waals surface area contributed by atoms with E-state index in [-0.39, 0.29) is 0 Å². The molecule has 1 saturated heterocycles. The molecule has 1 aliphatic heterocycles. The Balaban J connectivity index is 1.67. The number of rotatable bonds is 4. The van der Waals surface area contributed by atoms with Crippen LogP contribution in [-0.2, 0) is 4.74 Å². The molecule has 0 N–H and O–H groups in total. The number of aromatic nitrogens is 2. The van der Waals surface area contributed by atoms with E-state index in [0.717, 1.165) is 25.5 Å². The second-order valence-electron chi connectivity index (χ2n) is 5.78. The molecule has 1 saturated carbocycles. The van der Waals surface area contributed by atoms with Gasteiger partial charge in [0.15, 0.2) is 0 Å². The van der Waals surface area contributed by atoms with E-state index in [1.165, 1.54) is 37.8 Å². The van der Waals surface area contributed by atoms with Crippen molar-refractivity contribution < 1.29 is 4.74 Å². The summed E-state index contributed by atoms with van der Waals surface area (Å²) in [6.07, 6.45) is 9.85. The monoisotopic (exact) mass is 261 g/mol. The van der Waals surface area contributed by atoms with Gasteiger partial charge in [-0.15, -0.1) is 0 Å².